The molecule has 0 saturated carbocycles. The molecule has 1 N–H and O–H groups in total. The van der Waals surface area contributed by atoms with Crippen LogP contribution in [0.5, 0.6) is 0 Å². The molecule has 5 heteroatoms. The predicted octanol–water partition coefficient (Wildman–Crippen LogP) is 0.473. The van der Waals surface area contributed by atoms with Crippen molar-refractivity contribution in [2.45, 2.75) is 12.1 Å². The number of rotatable bonds is 3. The summed E-state index contributed by atoms with van der Waals surface area (Å²) >= 11 is 0. The first kappa shape index (κ1) is 11.8. The summed E-state index contributed by atoms with van der Waals surface area (Å²) in [5, 5.41) is 3.72. The van der Waals surface area contributed by atoms with Crippen molar-refractivity contribution in [3.05, 3.63) is 35.6 Å². The first-order valence-corrected chi connectivity index (χ1v) is 6.87. The van der Waals surface area contributed by atoms with Crippen LogP contribution in [-0.4, -0.2) is 59.9 Å². The van der Waals surface area contributed by atoms with Crippen LogP contribution in [0.1, 0.15) is 5.56 Å². The Morgan fingerprint density at radius 3 is 2.00 bits per heavy atom. The number of nitrogens with zero attached hydrogens (tertiary/aromatic N) is 3. The largest absolute Gasteiger partial charge is 0.304 e. The number of benzene rings is 1. The minimum Gasteiger partial charge on any atom is -0.304 e. The molecule has 0 unspecified atom stereocenters. The molecule has 0 radical (unpaired) electrons. The lowest BCUT2D eigenvalue weighted by atomic mass is 9.90. The van der Waals surface area contributed by atoms with Gasteiger partial charge in [0, 0.05) is 26.2 Å². The van der Waals surface area contributed by atoms with Gasteiger partial charge in [0.15, 0.2) is 0 Å². The van der Waals surface area contributed by atoms with Crippen LogP contribution < -0.4 is 5.32 Å². The Bertz CT molecular complexity index is 438. The van der Waals surface area contributed by atoms with Gasteiger partial charge in [0.1, 0.15) is 5.82 Å². The van der Waals surface area contributed by atoms with Crippen molar-refractivity contribution in [1.82, 2.24) is 20.0 Å². The Morgan fingerprint density at radius 1 is 0.947 bits per heavy atom. The third kappa shape index (κ3) is 2.17. The van der Waals surface area contributed by atoms with Crippen molar-refractivity contribution >= 4 is 0 Å². The quantitative estimate of drug-likeness (QED) is 0.855. The first-order chi connectivity index (χ1) is 9.21. The van der Waals surface area contributed by atoms with E-state index in [1.54, 1.807) is 0 Å². The lowest BCUT2D eigenvalue weighted by Crippen LogP contribution is -2.79. The fourth-order valence-electron chi connectivity index (χ4n) is 3.78. The van der Waals surface area contributed by atoms with E-state index in [2.05, 4.69) is 20.0 Å². The molecule has 19 heavy (non-hydrogen) atoms. The summed E-state index contributed by atoms with van der Waals surface area (Å²) in [6, 6.07) is 6.80. The monoisotopic (exact) mass is 262 g/mol. The van der Waals surface area contributed by atoms with E-state index < -0.39 is 0 Å². The molecule has 4 fully saturated rings. The predicted molar refractivity (Wildman–Crippen MR) is 70.7 cm³/mol. The van der Waals surface area contributed by atoms with E-state index in [4.69, 9.17) is 0 Å². The Balaban J connectivity index is 1.46. The van der Waals surface area contributed by atoms with Gasteiger partial charge >= 0.3 is 0 Å². The van der Waals surface area contributed by atoms with Gasteiger partial charge in [0.25, 0.3) is 0 Å². The first-order valence-electron chi connectivity index (χ1n) is 6.87. The highest BCUT2D eigenvalue weighted by Gasteiger charge is 2.48. The van der Waals surface area contributed by atoms with Gasteiger partial charge in [-0.25, -0.2) is 4.39 Å². The van der Waals surface area contributed by atoms with Crippen molar-refractivity contribution in [3.8, 4) is 0 Å². The molecular weight excluding hydrogens is 243 g/mol. The summed E-state index contributed by atoms with van der Waals surface area (Å²) in [6.45, 7) is 7.52. The molecule has 5 rings (SSSR count). The molecule has 4 nitrogen and oxygen atoms in total. The lowest BCUT2D eigenvalue weighted by molar-refractivity contribution is -0.150. The second kappa shape index (κ2) is 4.24. The maximum absolute atomic E-state index is 12.9. The summed E-state index contributed by atoms with van der Waals surface area (Å²) in [5.74, 6) is -0.165. The topological polar surface area (TPSA) is 21.8 Å². The minimum atomic E-state index is -0.165. The van der Waals surface area contributed by atoms with Crippen LogP contribution >= 0.6 is 0 Å². The summed E-state index contributed by atoms with van der Waals surface area (Å²) in [5.41, 5.74) is 1.33. The van der Waals surface area contributed by atoms with Crippen molar-refractivity contribution in [3.63, 3.8) is 0 Å². The van der Waals surface area contributed by atoms with Crippen molar-refractivity contribution in [1.29, 1.82) is 0 Å². The lowest BCUT2D eigenvalue weighted by Gasteiger charge is -2.60. The minimum absolute atomic E-state index is 0.165. The molecule has 4 aliphatic heterocycles. The molecule has 0 aliphatic carbocycles. The molecule has 0 atom stereocenters. The molecule has 0 aromatic heterocycles. The van der Waals surface area contributed by atoms with Crippen LogP contribution in [0.3, 0.4) is 0 Å². The van der Waals surface area contributed by atoms with Gasteiger partial charge in [0.05, 0.1) is 25.5 Å². The third-order valence-electron chi connectivity index (χ3n) is 4.36. The van der Waals surface area contributed by atoms with Crippen molar-refractivity contribution in [2.24, 2.45) is 0 Å². The maximum atomic E-state index is 12.9. The number of hydrogen-bond donors (Lipinski definition) is 1. The van der Waals surface area contributed by atoms with Crippen LogP contribution in [0, 0.1) is 5.82 Å². The fourth-order valence-corrected chi connectivity index (χ4v) is 3.78. The van der Waals surface area contributed by atoms with Crippen molar-refractivity contribution < 1.29 is 4.39 Å². The summed E-state index contributed by atoms with van der Waals surface area (Å²) in [6.07, 6.45) is 0. The summed E-state index contributed by atoms with van der Waals surface area (Å²) in [7, 11) is 0. The fraction of sp³-hybridized carbons (Fsp3) is 0.571. The number of halogens is 1. The highest BCUT2D eigenvalue weighted by molar-refractivity contribution is 5.17. The third-order valence-corrected chi connectivity index (χ3v) is 4.36. The summed E-state index contributed by atoms with van der Waals surface area (Å²) < 4.78 is 12.9. The highest BCUT2D eigenvalue weighted by Crippen LogP contribution is 2.29. The molecule has 102 valence electrons. The van der Waals surface area contributed by atoms with E-state index in [1.165, 1.54) is 12.1 Å². The van der Waals surface area contributed by atoms with Crippen LogP contribution in [0.15, 0.2) is 24.3 Å². The number of hydrogen-bond acceptors (Lipinski definition) is 4. The normalized spacial score (nSPS) is 39.7. The van der Waals surface area contributed by atoms with E-state index in [0.717, 1.165) is 51.7 Å². The van der Waals surface area contributed by atoms with E-state index in [0.29, 0.717) is 0 Å². The Morgan fingerprint density at radius 2 is 1.47 bits per heavy atom. The standard InChI is InChI=1S/C14H19FN4/c15-13-3-1-12(2-4-13)5-16-14-6-17-9-18(7-14)11-19(8-14)10-17/h1-4,16H,5-11H2. The molecule has 4 bridgehead atoms. The van der Waals surface area contributed by atoms with E-state index in [1.807, 2.05) is 12.1 Å². The van der Waals surface area contributed by atoms with E-state index >= 15 is 0 Å². The molecule has 1 aromatic carbocycles. The number of nitrogens with one attached hydrogen (secondary N) is 1. The zero-order chi connectivity index (χ0) is 12.9. The van der Waals surface area contributed by atoms with Gasteiger partial charge in [-0.2, -0.15) is 0 Å². The van der Waals surface area contributed by atoms with E-state index in [-0.39, 0.29) is 11.4 Å². The van der Waals surface area contributed by atoms with Gasteiger partial charge in [0.2, 0.25) is 0 Å². The SMILES string of the molecule is Fc1ccc(CNC23CN4CN(CN(C4)C2)C3)cc1. The zero-order valence-corrected chi connectivity index (χ0v) is 11.0. The Hall–Kier alpha value is -1.01. The van der Waals surface area contributed by atoms with Gasteiger partial charge in [-0.15, -0.1) is 0 Å². The highest BCUT2D eigenvalue weighted by atomic mass is 19.1. The van der Waals surface area contributed by atoms with Crippen LogP contribution in [-0.2, 0) is 6.54 Å². The van der Waals surface area contributed by atoms with E-state index in [9.17, 15) is 4.39 Å². The average molecular weight is 262 g/mol. The molecule has 4 aliphatic rings. The molecular formula is C14H19FN4. The molecule has 1 aromatic rings. The smallest absolute Gasteiger partial charge is 0.123 e. The average Bonchev–Trinajstić information content (AvgIpc) is 2.36. The van der Waals surface area contributed by atoms with Crippen LogP contribution in [0.25, 0.3) is 0 Å². The van der Waals surface area contributed by atoms with Gasteiger partial charge in [-0.3, -0.25) is 14.7 Å². The molecule has 4 heterocycles. The van der Waals surface area contributed by atoms with Crippen LogP contribution in [0.2, 0.25) is 0 Å². The second-order valence-corrected chi connectivity index (χ2v) is 6.17. The molecule has 0 amide bonds. The maximum Gasteiger partial charge on any atom is 0.123 e. The Labute approximate surface area is 112 Å². The Kier molecular flexibility index (Phi) is 2.63. The van der Waals surface area contributed by atoms with Crippen LogP contribution in [0.4, 0.5) is 4.39 Å². The molecule has 4 saturated heterocycles. The zero-order valence-electron chi connectivity index (χ0n) is 11.0. The van der Waals surface area contributed by atoms with Gasteiger partial charge in [-0.05, 0) is 17.7 Å². The summed E-state index contributed by atoms with van der Waals surface area (Å²) in [4.78, 5) is 7.48. The van der Waals surface area contributed by atoms with Gasteiger partial charge < -0.3 is 5.32 Å². The molecule has 0 spiro atoms. The van der Waals surface area contributed by atoms with Crippen molar-refractivity contribution in [2.75, 3.05) is 39.6 Å². The second-order valence-electron chi connectivity index (χ2n) is 6.17. The van der Waals surface area contributed by atoms with Gasteiger partial charge in [-0.1, -0.05) is 12.1 Å².